The van der Waals surface area contributed by atoms with Gasteiger partial charge < -0.3 is 5.32 Å². The maximum Gasteiger partial charge on any atom is 0.0940 e. The van der Waals surface area contributed by atoms with Gasteiger partial charge in [0.2, 0.25) is 0 Å². The summed E-state index contributed by atoms with van der Waals surface area (Å²) in [4.78, 5) is 4.32. The summed E-state index contributed by atoms with van der Waals surface area (Å²) in [6.07, 6.45) is 2.94. The molecule has 1 N–H and O–H groups in total. The van der Waals surface area contributed by atoms with E-state index in [9.17, 15) is 0 Å². The minimum absolute atomic E-state index is 0.555. The predicted molar refractivity (Wildman–Crippen MR) is 70.8 cm³/mol. The maximum atomic E-state index is 4.32. The molecule has 86 valence electrons. The molecule has 0 aliphatic heterocycles. The van der Waals surface area contributed by atoms with Gasteiger partial charge in [0, 0.05) is 29.8 Å². The van der Waals surface area contributed by atoms with Crippen molar-refractivity contribution in [2.24, 2.45) is 5.92 Å². The van der Waals surface area contributed by atoms with Gasteiger partial charge in [0.15, 0.2) is 0 Å². The lowest BCUT2D eigenvalue weighted by Gasteiger charge is -2.14. The van der Waals surface area contributed by atoms with Crippen LogP contribution in [0.3, 0.4) is 0 Å². The first kappa shape index (κ1) is 13.0. The Hall–Kier alpha value is -0.0600. The van der Waals surface area contributed by atoms with Crippen LogP contribution in [0.25, 0.3) is 0 Å². The molecule has 0 aliphatic carbocycles. The second-order valence-corrected chi connectivity index (χ2v) is 6.10. The molecule has 0 spiro atoms. The minimum atomic E-state index is 0.555. The lowest BCUT2D eigenvalue weighted by Crippen LogP contribution is -2.30. The number of thioether (sulfide) groups is 1. The van der Waals surface area contributed by atoms with Crippen LogP contribution in [0.2, 0.25) is 0 Å². The fourth-order valence-electron chi connectivity index (χ4n) is 1.25. The first-order valence-electron chi connectivity index (χ1n) is 5.35. The Morgan fingerprint density at radius 3 is 2.80 bits per heavy atom. The van der Waals surface area contributed by atoms with Crippen molar-refractivity contribution in [3.63, 3.8) is 0 Å². The Morgan fingerprint density at radius 2 is 2.27 bits per heavy atom. The number of aromatic nitrogens is 1. The third-order valence-electron chi connectivity index (χ3n) is 2.08. The number of hydrogen-bond donors (Lipinski definition) is 1. The summed E-state index contributed by atoms with van der Waals surface area (Å²) in [5.41, 5.74) is 0. The summed E-state index contributed by atoms with van der Waals surface area (Å²) in [7, 11) is 2.04. The molecule has 0 radical (unpaired) electrons. The van der Waals surface area contributed by atoms with Crippen molar-refractivity contribution in [1.29, 1.82) is 0 Å². The number of nitrogens with one attached hydrogen (secondary N) is 1. The summed E-state index contributed by atoms with van der Waals surface area (Å²) in [6.45, 7) is 4.53. The second-order valence-electron chi connectivity index (χ2n) is 4.05. The molecule has 0 saturated carbocycles. The maximum absolute atomic E-state index is 4.32. The number of rotatable bonds is 7. The lowest BCUT2D eigenvalue weighted by atomic mass is 10.2. The molecule has 0 amide bonds. The zero-order valence-electron chi connectivity index (χ0n) is 9.69. The molecule has 1 aromatic rings. The highest BCUT2D eigenvalue weighted by molar-refractivity contribution is 7.99. The van der Waals surface area contributed by atoms with Crippen molar-refractivity contribution in [3.8, 4) is 0 Å². The van der Waals surface area contributed by atoms with Crippen LogP contribution in [0.1, 0.15) is 18.9 Å². The molecular weight excluding hydrogens is 224 g/mol. The van der Waals surface area contributed by atoms with E-state index in [4.69, 9.17) is 0 Å². The minimum Gasteiger partial charge on any atom is -0.316 e. The average Bonchev–Trinajstić information content (AvgIpc) is 2.68. The molecular formula is C11H20N2S2. The molecule has 4 heteroatoms. The van der Waals surface area contributed by atoms with Gasteiger partial charge in [-0.2, -0.15) is 11.8 Å². The highest BCUT2D eigenvalue weighted by atomic mass is 32.2. The van der Waals surface area contributed by atoms with Crippen molar-refractivity contribution in [3.05, 3.63) is 16.6 Å². The molecule has 1 unspecified atom stereocenters. The zero-order valence-corrected chi connectivity index (χ0v) is 11.3. The Kier molecular flexibility index (Phi) is 6.29. The molecule has 15 heavy (non-hydrogen) atoms. The summed E-state index contributed by atoms with van der Waals surface area (Å²) in [6, 6.07) is 0.555. The Labute approximate surface area is 101 Å². The molecule has 0 fully saturated rings. The van der Waals surface area contributed by atoms with Gasteiger partial charge in [-0.05, 0) is 18.7 Å². The third kappa shape index (κ3) is 5.54. The standard InChI is InChI=1S/C11H20N2S2/c1-9(2)7-14-8-10(12-3)6-11-13-4-5-15-11/h4-5,9-10,12H,6-8H2,1-3H3. The largest absolute Gasteiger partial charge is 0.316 e. The molecule has 0 saturated heterocycles. The van der Waals surface area contributed by atoms with Crippen molar-refractivity contribution in [2.45, 2.75) is 26.3 Å². The van der Waals surface area contributed by atoms with Crippen molar-refractivity contribution >= 4 is 23.1 Å². The Balaban J connectivity index is 2.24. The fourth-order valence-corrected chi connectivity index (χ4v) is 3.13. The molecule has 2 nitrogen and oxygen atoms in total. The van der Waals surface area contributed by atoms with Gasteiger partial charge in [0.1, 0.15) is 0 Å². The molecule has 1 heterocycles. The van der Waals surface area contributed by atoms with Gasteiger partial charge in [-0.25, -0.2) is 4.98 Å². The van der Waals surface area contributed by atoms with Crippen LogP contribution in [-0.2, 0) is 6.42 Å². The Bertz CT molecular complexity index is 247. The van der Waals surface area contributed by atoms with E-state index in [0.717, 1.165) is 12.3 Å². The highest BCUT2D eigenvalue weighted by Gasteiger charge is 2.09. The molecule has 1 aromatic heterocycles. The number of thiazole rings is 1. The lowest BCUT2D eigenvalue weighted by molar-refractivity contribution is 0.614. The van der Waals surface area contributed by atoms with E-state index in [-0.39, 0.29) is 0 Å². The highest BCUT2D eigenvalue weighted by Crippen LogP contribution is 2.13. The van der Waals surface area contributed by atoms with E-state index < -0.39 is 0 Å². The van der Waals surface area contributed by atoms with E-state index in [1.165, 1.54) is 16.5 Å². The van der Waals surface area contributed by atoms with Crippen LogP contribution in [-0.4, -0.2) is 29.6 Å². The summed E-state index contributed by atoms with van der Waals surface area (Å²) in [5.74, 6) is 3.21. The SMILES string of the molecule is CNC(CSCC(C)C)Cc1nccs1. The van der Waals surface area contributed by atoms with Crippen LogP contribution in [0.15, 0.2) is 11.6 Å². The van der Waals surface area contributed by atoms with Crippen LogP contribution in [0, 0.1) is 5.92 Å². The second kappa shape index (κ2) is 7.25. The monoisotopic (exact) mass is 244 g/mol. The topological polar surface area (TPSA) is 24.9 Å². The quantitative estimate of drug-likeness (QED) is 0.798. The first-order chi connectivity index (χ1) is 7.22. The van der Waals surface area contributed by atoms with Gasteiger partial charge in [-0.15, -0.1) is 11.3 Å². The molecule has 1 atom stereocenters. The summed E-state index contributed by atoms with van der Waals surface area (Å²) < 4.78 is 0. The predicted octanol–water partition coefficient (Wildman–Crippen LogP) is 2.66. The van der Waals surface area contributed by atoms with Crippen LogP contribution in [0.5, 0.6) is 0 Å². The average molecular weight is 244 g/mol. The van der Waals surface area contributed by atoms with E-state index in [2.05, 4.69) is 24.1 Å². The first-order valence-corrected chi connectivity index (χ1v) is 7.39. The molecule has 1 rings (SSSR count). The third-order valence-corrected chi connectivity index (χ3v) is 4.43. The number of nitrogens with zero attached hydrogens (tertiary/aromatic N) is 1. The summed E-state index contributed by atoms with van der Waals surface area (Å²) >= 11 is 3.78. The van der Waals surface area contributed by atoms with Crippen molar-refractivity contribution < 1.29 is 0 Å². The van der Waals surface area contributed by atoms with Gasteiger partial charge in [0.25, 0.3) is 0 Å². The van der Waals surface area contributed by atoms with Crippen LogP contribution < -0.4 is 5.32 Å². The Morgan fingerprint density at radius 1 is 1.47 bits per heavy atom. The van der Waals surface area contributed by atoms with E-state index in [1.54, 1.807) is 11.3 Å². The molecule has 0 aromatic carbocycles. The zero-order chi connectivity index (χ0) is 11.1. The number of hydrogen-bond acceptors (Lipinski definition) is 4. The number of likely N-dealkylation sites (N-methyl/N-ethyl adjacent to an activating group) is 1. The summed E-state index contributed by atoms with van der Waals surface area (Å²) in [5, 5.41) is 6.64. The van der Waals surface area contributed by atoms with E-state index in [0.29, 0.717) is 6.04 Å². The molecule has 0 bridgehead atoms. The van der Waals surface area contributed by atoms with Crippen molar-refractivity contribution in [2.75, 3.05) is 18.6 Å². The van der Waals surface area contributed by atoms with E-state index in [1.807, 2.05) is 30.4 Å². The fraction of sp³-hybridized carbons (Fsp3) is 0.727. The van der Waals surface area contributed by atoms with Gasteiger partial charge >= 0.3 is 0 Å². The van der Waals surface area contributed by atoms with E-state index >= 15 is 0 Å². The van der Waals surface area contributed by atoms with Crippen LogP contribution in [0.4, 0.5) is 0 Å². The van der Waals surface area contributed by atoms with Gasteiger partial charge in [-0.1, -0.05) is 13.8 Å². The van der Waals surface area contributed by atoms with Gasteiger partial charge in [-0.3, -0.25) is 0 Å². The van der Waals surface area contributed by atoms with Crippen LogP contribution >= 0.6 is 23.1 Å². The van der Waals surface area contributed by atoms with Crippen molar-refractivity contribution in [1.82, 2.24) is 10.3 Å². The van der Waals surface area contributed by atoms with Gasteiger partial charge in [0.05, 0.1) is 5.01 Å². The molecule has 0 aliphatic rings. The smallest absolute Gasteiger partial charge is 0.0940 e. The normalized spacial score (nSPS) is 13.3.